The summed E-state index contributed by atoms with van der Waals surface area (Å²) in [7, 11) is 0. The van der Waals surface area contributed by atoms with Gasteiger partial charge in [0.05, 0.1) is 5.92 Å². The van der Waals surface area contributed by atoms with Crippen LogP contribution in [0.4, 0.5) is 0 Å². The van der Waals surface area contributed by atoms with Gasteiger partial charge in [0, 0.05) is 17.5 Å². The second-order valence-corrected chi connectivity index (χ2v) is 6.21. The van der Waals surface area contributed by atoms with Gasteiger partial charge in [-0.15, -0.1) is 0 Å². The minimum Gasteiger partial charge on any atom is -0.623 e. The van der Waals surface area contributed by atoms with Crippen LogP contribution in [0.25, 0.3) is 0 Å². The fourth-order valence-corrected chi connectivity index (χ4v) is 3.94. The summed E-state index contributed by atoms with van der Waals surface area (Å²) in [6.45, 7) is 0. The topological polar surface area (TPSA) is 26.1 Å². The monoisotopic (exact) mass is 313 g/mol. The molecule has 1 aliphatic heterocycles. The van der Waals surface area contributed by atoms with E-state index in [1.807, 2.05) is 54.6 Å². The Morgan fingerprint density at radius 3 is 1.67 bits per heavy atom. The van der Waals surface area contributed by atoms with Gasteiger partial charge >= 0.3 is 0 Å². The van der Waals surface area contributed by atoms with Gasteiger partial charge in [-0.3, -0.25) is 0 Å². The Morgan fingerprint density at radius 1 is 0.708 bits per heavy atom. The van der Waals surface area contributed by atoms with E-state index in [4.69, 9.17) is 0 Å². The maximum absolute atomic E-state index is 13.1. The molecule has 4 rings (SSSR count). The van der Waals surface area contributed by atoms with Crippen LogP contribution in [-0.4, -0.2) is 11.0 Å². The predicted molar refractivity (Wildman–Crippen MR) is 97.2 cm³/mol. The number of hydroxylamine groups is 1. The second-order valence-electron chi connectivity index (χ2n) is 6.21. The second kappa shape index (κ2) is 5.97. The van der Waals surface area contributed by atoms with Crippen LogP contribution in [0.1, 0.15) is 29.0 Å². The highest BCUT2D eigenvalue weighted by atomic mass is 16.5. The summed E-state index contributed by atoms with van der Waals surface area (Å²) in [6, 6.07) is 30.6. The van der Waals surface area contributed by atoms with Crippen LogP contribution in [0.15, 0.2) is 91.0 Å². The molecular formula is C22H19NO. The Kier molecular flexibility index (Phi) is 3.66. The molecule has 1 aliphatic rings. The molecule has 3 aromatic rings. The number of rotatable bonds is 3. The van der Waals surface area contributed by atoms with Gasteiger partial charge in [-0.05, 0) is 5.56 Å². The van der Waals surface area contributed by atoms with Crippen molar-refractivity contribution in [3.8, 4) is 0 Å². The highest BCUT2D eigenvalue weighted by Gasteiger charge is 2.53. The van der Waals surface area contributed by atoms with Crippen molar-refractivity contribution in [3.05, 3.63) is 113 Å². The number of nitrogens with zero attached hydrogens (tertiary/aromatic N) is 1. The molecule has 0 bridgehead atoms. The molecule has 0 amide bonds. The van der Waals surface area contributed by atoms with Crippen LogP contribution in [0.3, 0.4) is 0 Å². The minimum absolute atomic E-state index is 0.0843. The van der Waals surface area contributed by atoms with Gasteiger partial charge in [-0.1, -0.05) is 91.0 Å². The summed E-state index contributed by atoms with van der Waals surface area (Å²) in [6.07, 6.45) is 2.52. The molecule has 0 aliphatic carbocycles. The van der Waals surface area contributed by atoms with Gasteiger partial charge in [-0.25, -0.2) is 4.74 Å². The molecule has 2 nitrogen and oxygen atoms in total. The van der Waals surface area contributed by atoms with Crippen molar-refractivity contribution in [1.29, 1.82) is 0 Å². The SMILES string of the molecule is [O-][N+]1=CC[C@@H](c2ccccc2)C1(c1ccccc1)c1ccccc1. The summed E-state index contributed by atoms with van der Waals surface area (Å²) < 4.78 is 1.16. The quantitative estimate of drug-likeness (QED) is 0.508. The highest BCUT2D eigenvalue weighted by Crippen LogP contribution is 2.49. The molecule has 0 unspecified atom stereocenters. The fourth-order valence-electron chi connectivity index (χ4n) is 3.94. The lowest BCUT2D eigenvalue weighted by Gasteiger charge is -2.34. The summed E-state index contributed by atoms with van der Waals surface area (Å²) >= 11 is 0. The largest absolute Gasteiger partial charge is 0.623 e. The molecule has 2 heteroatoms. The Balaban J connectivity index is 1.99. The third kappa shape index (κ3) is 2.15. The van der Waals surface area contributed by atoms with Crippen molar-refractivity contribution in [2.24, 2.45) is 0 Å². The zero-order chi connectivity index (χ0) is 16.4. The average molecular weight is 313 g/mol. The Hall–Kier alpha value is -2.87. The van der Waals surface area contributed by atoms with Crippen molar-refractivity contribution in [2.45, 2.75) is 17.9 Å². The molecular weight excluding hydrogens is 294 g/mol. The van der Waals surface area contributed by atoms with Crippen molar-refractivity contribution in [1.82, 2.24) is 0 Å². The van der Waals surface area contributed by atoms with Gasteiger partial charge in [0.15, 0.2) is 6.21 Å². The lowest BCUT2D eigenvalue weighted by Crippen LogP contribution is -2.39. The standard InChI is InChI=1S/C22H19NO/c24-23-17-16-21(18-10-4-1-5-11-18)22(23,19-12-6-2-7-13-19)20-14-8-3-9-15-20/h1-15,17,21H,16H2/t21-/m0/s1. The maximum atomic E-state index is 13.1. The van der Waals surface area contributed by atoms with Crippen LogP contribution in [0, 0.1) is 5.21 Å². The first-order valence-electron chi connectivity index (χ1n) is 8.29. The summed E-state index contributed by atoms with van der Waals surface area (Å²) in [5, 5.41) is 13.1. The number of hydrogen-bond donors (Lipinski definition) is 0. The van der Waals surface area contributed by atoms with Crippen molar-refractivity contribution >= 4 is 6.21 Å². The average Bonchev–Trinajstić information content (AvgIpc) is 3.02. The van der Waals surface area contributed by atoms with Crippen LogP contribution in [-0.2, 0) is 5.54 Å². The molecule has 1 atom stereocenters. The van der Waals surface area contributed by atoms with E-state index in [1.54, 1.807) is 6.21 Å². The Labute approximate surface area is 142 Å². The molecule has 118 valence electrons. The van der Waals surface area contributed by atoms with E-state index in [0.29, 0.717) is 0 Å². The Bertz CT molecular complexity index is 801. The summed E-state index contributed by atoms with van der Waals surface area (Å²) in [5.41, 5.74) is 2.55. The number of benzene rings is 3. The molecule has 0 N–H and O–H groups in total. The smallest absolute Gasteiger partial charge is 0.230 e. The van der Waals surface area contributed by atoms with Gasteiger partial charge in [0.25, 0.3) is 0 Å². The molecule has 3 aromatic carbocycles. The molecule has 0 fully saturated rings. The zero-order valence-corrected chi connectivity index (χ0v) is 13.4. The lowest BCUT2D eigenvalue weighted by molar-refractivity contribution is -0.536. The minimum atomic E-state index is -0.718. The first-order chi connectivity index (χ1) is 11.8. The third-order valence-electron chi connectivity index (χ3n) is 4.99. The highest BCUT2D eigenvalue weighted by molar-refractivity contribution is 5.61. The van der Waals surface area contributed by atoms with Gasteiger partial charge in [-0.2, -0.15) is 0 Å². The van der Waals surface area contributed by atoms with E-state index in [-0.39, 0.29) is 5.92 Å². The zero-order valence-electron chi connectivity index (χ0n) is 13.4. The Morgan fingerprint density at radius 2 is 1.17 bits per heavy atom. The number of hydrogen-bond acceptors (Lipinski definition) is 1. The normalized spacial score (nSPS) is 19.0. The van der Waals surface area contributed by atoms with Crippen LogP contribution >= 0.6 is 0 Å². The van der Waals surface area contributed by atoms with Crippen LogP contribution in [0.2, 0.25) is 0 Å². The molecule has 0 saturated carbocycles. The van der Waals surface area contributed by atoms with E-state index in [1.165, 1.54) is 5.56 Å². The predicted octanol–water partition coefficient (Wildman–Crippen LogP) is 4.70. The molecule has 0 spiro atoms. The van der Waals surface area contributed by atoms with Gasteiger partial charge in [0.1, 0.15) is 0 Å². The van der Waals surface area contributed by atoms with Crippen molar-refractivity contribution in [3.63, 3.8) is 0 Å². The van der Waals surface area contributed by atoms with Crippen LogP contribution in [0.5, 0.6) is 0 Å². The molecule has 0 saturated heterocycles. The van der Waals surface area contributed by atoms with E-state index in [9.17, 15) is 5.21 Å². The molecule has 1 heterocycles. The molecule has 0 radical (unpaired) electrons. The first-order valence-corrected chi connectivity index (χ1v) is 8.29. The summed E-state index contributed by atoms with van der Waals surface area (Å²) in [5.74, 6) is 0.0843. The van der Waals surface area contributed by atoms with E-state index >= 15 is 0 Å². The molecule has 0 aromatic heterocycles. The fraction of sp³-hybridized carbons (Fsp3) is 0.136. The maximum Gasteiger partial charge on any atom is 0.230 e. The van der Waals surface area contributed by atoms with E-state index < -0.39 is 5.54 Å². The van der Waals surface area contributed by atoms with Gasteiger partial charge < -0.3 is 5.21 Å². The summed E-state index contributed by atoms with van der Waals surface area (Å²) in [4.78, 5) is 0. The van der Waals surface area contributed by atoms with Gasteiger partial charge in [0.2, 0.25) is 5.54 Å². The third-order valence-corrected chi connectivity index (χ3v) is 4.99. The van der Waals surface area contributed by atoms with Crippen LogP contribution < -0.4 is 0 Å². The first kappa shape index (κ1) is 14.7. The molecule has 24 heavy (non-hydrogen) atoms. The van der Waals surface area contributed by atoms with Crippen molar-refractivity contribution in [2.75, 3.05) is 0 Å². The van der Waals surface area contributed by atoms with E-state index in [2.05, 4.69) is 36.4 Å². The lowest BCUT2D eigenvalue weighted by atomic mass is 9.71. The van der Waals surface area contributed by atoms with Crippen molar-refractivity contribution < 1.29 is 4.74 Å². The van der Waals surface area contributed by atoms with E-state index in [0.717, 1.165) is 22.3 Å².